The van der Waals surface area contributed by atoms with E-state index in [1.54, 1.807) is 24.3 Å². The van der Waals surface area contributed by atoms with Gasteiger partial charge in [-0.3, -0.25) is 9.59 Å². The number of carbonyl (C=O) groups excluding carboxylic acids is 2. The van der Waals surface area contributed by atoms with Crippen molar-refractivity contribution < 1.29 is 19.8 Å². The van der Waals surface area contributed by atoms with Crippen molar-refractivity contribution in [2.75, 3.05) is 13.1 Å². The number of benzene rings is 2. The molecular formula is C22H20N2O4S. The van der Waals surface area contributed by atoms with Gasteiger partial charge < -0.3 is 20.8 Å². The lowest BCUT2D eigenvalue weighted by Crippen LogP contribution is -2.39. The summed E-state index contributed by atoms with van der Waals surface area (Å²) in [4.78, 5) is 26.8. The molecule has 4 N–H and O–H groups in total. The van der Waals surface area contributed by atoms with Crippen LogP contribution in [0.1, 0.15) is 49.6 Å². The van der Waals surface area contributed by atoms with Crippen molar-refractivity contribution in [3.8, 4) is 11.5 Å². The minimum absolute atomic E-state index is 0.0970. The monoisotopic (exact) mass is 408 g/mol. The Balaban J connectivity index is 1.58. The number of phenols is 2. The van der Waals surface area contributed by atoms with Gasteiger partial charge in [0.25, 0.3) is 0 Å². The molecule has 1 aliphatic heterocycles. The molecule has 3 aromatic rings. The third-order valence-electron chi connectivity index (χ3n) is 5.84. The molecule has 6 nitrogen and oxygen atoms in total. The normalized spacial score (nSPS) is 16.8. The smallest absolute Gasteiger partial charge is 0.208 e. The summed E-state index contributed by atoms with van der Waals surface area (Å²) in [5.41, 5.74) is 0.914. The van der Waals surface area contributed by atoms with Crippen molar-refractivity contribution in [2.24, 2.45) is 0 Å². The fourth-order valence-corrected chi connectivity index (χ4v) is 5.32. The van der Waals surface area contributed by atoms with E-state index in [2.05, 4.69) is 10.6 Å². The second-order valence-electron chi connectivity index (χ2n) is 7.52. The van der Waals surface area contributed by atoms with Crippen LogP contribution in [0.5, 0.6) is 11.5 Å². The van der Waals surface area contributed by atoms with Crippen LogP contribution in [0.3, 0.4) is 0 Å². The molecule has 0 atom stereocenters. The van der Waals surface area contributed by atoms with Crippen LogP contribution in [0, 0.1) is 0 Å². The first-order chi connectivity index (χ1) is 14.1. The Hall–Kier alpha value is -2.74. The summed E-state index contributed by atoms with van der Waals surface area (Å²) in [6.07, 6.45) is 2.03. The van der Waals surface area contributed by atoms with E-state index in [0.29, 0.717) is 33.8 Å². The molecule has 7 heteroatoms. The lowest BCUT2D eigenvalue weighted by atomic mass is 9.84. The zero-order valence-electron chi connectivity index (χ0n) is 15.6. The molecule has 1 saturated heterocycles. The summed E-state index contributed by atoms with van der Waals surface area (Å²) in [7, 11) is 0. The Morgan fingerprint density at radius 2 is 1.59 bits per heavy atom. The maximum absolute atomic E-state index is 13.3. The molecule has 1 aliphatic carbocycles. The van der Waals surface area contributed by atoms with Gasteiger partial charge in [0.05, 0.1) is 16.0 Å². The van der Waals surface area contributed by atoms with Gasteiger partial charge in [0.2, 0.25) is 5.78 Å². The first-order valence-electron chi connectivity index (χ1n) is 9.68. The number of aromatic hydroxyl groups is 2. The van der Waals surface area contributed by atoms with Crippen LogP contribution >= 0.6 is 11.3 Å². The number of thiophene rings is 1. The molecule has 2 aliphatic rings. The SMILES string of the molecule is O=C1c2scc(CNC3CCNCC3)c2C(=O)c2c1c(O)c1ccccc1c2O. The number of nitrogens with one attached hydrogen (secondary N) is 2. The molecule has 29 heavy (non-hydrogen) atoms. The van der Waals surface area contributed by atoms with E-state index in [0.717, 1.165) is 31.5 Å². The molecule has 148 valence electrons. The molecule has 2 heterocycles. The average molecular weight is 408 g/mol. The predicted molar refractivity (Wildman–Crippen MR) is 111 cm³/mol. The second-order valence-corrected chi connectivity index (χ2v) is 8.40. The van der Waals surface area contributed by atoms with Crippen LogP contribution in [-0.2, 0) is 6.54 Å². The number of hydrogen-bond acceptors (Lipinski definition) is 7. The topological polar surface area (TPSA) is 98.7 Å². The first kappa shape index (κ1) is 18.3. The number of hydrogen-bond donors (Lipinski definition) is 4. The van der Waals surface area contributed by atoms with Crippen LogP contribution < -0.4 is 10.6 Å². The van der Waals surface area contributed by atoms with Gasteiger partial charge >= 0.3 is 0 Å². The van der Waals surface area contributed by atoms with Gasteiger partial charge in [-0.1, -0.05) is 24.3 Å². The molecule has 5 rings (SSSR count). The lowest BCUT2D eigenvalue weighted by Gasteiger charge is -2.24. The van der Waals surface area contributed by atoms with E-state index in [4.69, 9.17) is 0 Å². The fourth-order valence-electron chi connectivity index (χ4n) is 4.30. The minimum Gasteiger partial charge on any atom is -0.506 e. The van der Waals surface area contributed by atoms with Gasteiger partial charge in [0.1, 0.15) is 11.5 Å². The van der Waals surface area contributed by atoms with Crippen LogP contribution in [-0.4, -0.2) is 40.9 Å². The third kappa shape index (κ3) is 2.77. The van der Waals surface area contributed by atoms with E-state index in [1.165, 1.54) is 11.3 Å². The van der Waals surface area contributed by atoms with E-state index in [-0.39, 0.29) is 22.6 Å². The molecule has 0 radical (unpaired) electrons. The number of rotatable bonds is 3. The van der Waals surface area contributed by atoms with E-state index in [9.17, 15) is 19.8 Å². The van der Waals surface area contributed by atoms with Gasteiger partial charge in [0, 0.05) is 28.9 Å². The molecule has 1 fully saturated rings. The number of piperidine rings is 1. The van der Waals surface area contributed by atoms with Crippen LogP contribution in [0.2, 0.25) is 0 Å². The van der Waals surface area contributed by atoms with E-state index in [1.807, 2.05) is 5.38 Å². The highest BCUT2D eigenvalue weighted by molar-refractivity contribution is 7.13. The molecule has 0 bridgehead atoms. The molecule has 2 aromatic carbocycles. The van der Waals surface area contributed by atoms with Crippen molar-refractivity contribution in [3.05, 3.63) is 56.8 Å². The number of ketones is 2. The molecule has 0 amide bonds. The Morgan fingerprint density at radius 1 is 0.966 bits per heavy atom. The number of fused-ring (bicyclic) bond motifs is 3. The highest BCUT2D eigenvalue weighted by Gasteiger charge is 2.38. The largest absolute Gasteiger partial charge is 0.506 e. The maximum atomic E-state index is 13.3. The maximum Gasteiger partial charge on any atom is 0.208 e. The summed E-state index contributed by atoms with van der Waals surface area (Å²) >= 11 is 1.22. The van der Waals surface area contributed by atoms with Gasteiger partial charge in [0.15, 0.2) is 5.78 Å². The summed E-state index contributed by atoms with van der Waals surface area (Å²) in [6, 6.07) is 7.05. The minimum atomic E-state index is -0.411. The molecule has 1 aromatic heterocycles. The summed E-state index contributed by atoms with van der Waals surface area (Å²) < 4.78 is 0. The average Bonchev–Trinajstić information content (AvgIpc) is 3.18. The molecular weight excluding hydrogens is 388 g/mol. The van der Waals surface area contributed by atoms with Gasteiger partial charge in [-0.15, -0.1) is 11.3 Å². The van der Waals surface area contributed by atoms with Gasteiger partial charge in [-0.2, -0.15) is 0 Å². The van der Waals surface area contributed by atoms with Crippen molar-refractivity contribution in [2.45, 2.75) is 25.4 Å². The summed E-state index contributed by atoms with van der Waals surface area (Å²) in [6.45, 7) is 2.42. The van der Waals surface area contributed by atoms with Crippen molar-refractivity contribution >= 4 is 33.7 Å². The first-order valence-corrected chi connectivity index (χ1v) is 10.6. The Morgan fingerprint density at radius 3 is 2.24 bits per heavy atom. The lowest BCUT2D eigenvalue weighted by molar-refractivity contribution is 0.0977. The predicted octanol–water partition coefficient (Wildman–Crippen LogP) is 2.93. The third-order valence-corrected chi connectivity index (χ3v) is 6.86. The highest BCUT2D eigenvalue weighted by Crippen LogP contribution is 2.45. The Kier molecular flexibility index (Phi) is 4.38. The van der Waals surface area contributed by atoms with Crippen LogP contribution in [0.4, 0.5) is 0 Å². The van der Waals surface area contributed by atoms with Crippen molar-refractivity contribution in [3.63, 3.8) is 0 Å². The van der Waals surface area contributed by atoms with Crippen molar-refractivity contribution in [1.29, 1.82) is 0 Å². The number of carbonyl (C=O) groups is 2. The van der Waals surface area contributed by atoms with Crippen LogP contribution in [0.25, 0.3) is 10.8 Å². The Bertz CT molecular complexity index is 1160. The molecule has 0 spiro atoms. The quantitative estimate of drug-likeness (QED) is 0.389. The van der Waals surface area contributed by atoms with E-state index < -0.39 is 11.6 Å². The molecule has 0 saturated carbocycles. The molecule has 0 unspecified atom stereocenters. The standard InChI is InChI=1S/C22H20N2O4S/c25-18-13-3-1-2-4-14(13)19(26)17-16(18)20(27)15-11(10-29-22(15)21(17)28)9-24-12-5-7-23-8-6-12/h1-4,10,12,23-26H,5-9H2. The van der Waals surface area contributed by atoms with Gasteiger partial charge in [-0.05, 0) is 36.9 Å². The zero-order valence-corrected chi connectivity index (χ0v) is 16.4. The number of phenolic OH excluding ortho intramolecular Hbond substituents is 2. The van der Waals surface area contributed by atoms with E-state index >= 15 is 0 Å². The summed E-state index contributed by atoms with van der Waals surface area (Å²) in [5.74, 6) is -1.32. The summed E-state index contributed by atoms with van der Waals surface area (Å²) in [5, 5.41) is 30.9. The second kappa shape index (κ2) is 6.95. The van der Waals surface area contributed by atoms with Gasteiger partial charge in [-0.25, -0.2) is 0 Å². The highest BCUT2D eigenvalue weighted by atomic mass is 32.1. The van der Waals surface area contributed by atoms with Crippen molar-refractivity contribution in [1.82, 2.24) is 10.6 Å². The van der Waals surface area contributed by atoms with Crippen LogP contribution in [0.15, 0.2) is 29.6 Å². The zero-order chi connectivity index (χ0) is 20.1. The fraction of sp³-hybridized carbons (Fsp3) is 0.273. The Labute approximate surface area is 171 Å².